The van der Waals surface area contributed by atoms with Gasteiger partial charge in [-0.3, -0.25) is 29.4 Å². The molecule has 0 aromatic heterocycles. The Balaban J connectivity index is 1.98. The van der Waals surface area contributed by atoms with Crippen molar-refractivity contribution >= 4 is 23.6 Å². The van der Waals surface area contributed by atoms with Crippen LogP contribution in [-0.4, -0.2) is 34.6 Å². The van der Waals surface area contributed by atoms with Crippen molar-refractivity contribution in [3.63, 3.8) is 0 Å². The van der Waals surface area contributed by atoms with Crippen LogP contribution in [0.15, 0.2) is 18.2 Å². The number of nitrogens with one attached hydrogen (secondary N) is 1. The first-order valence-electron chi connectivity index (χ1n) is 8.06. The van der Waals surface area contributed by atoms with E-state index in [0.717, 1.165) is 10.5 Å². The number of benzene rings is 1. The molecule has 1 aromatic carbocycles. The molecule has 1 aromatic rings. The van der Waals surface area contributed by atoms with E-state index in [1.807, 2.05) is 26.8 Å². The molecule has 1 N–H and O–H groups in total. The third kappa shape index (κ3) is 2.62. The Kier molecular flexibility index (Phi) is 3.78. The second-order valence-electron chi connectivity index (χ2n) is 7.31. The molecule has 0 radical (unpaired) electrons. The van der Waals surface area contributed by atoms with E-state index in [4.69, 9.17) is 0 Å². The van der Waals surface area contributed by atoms with Gasteiger partial charge in [-0.1, -0.05) is 26.8 Å². The molecule has 1 saturated heterocycles. The number of carbonyl (C=O) groups excluding carboxylic acids is 4. The molecule has 2 heterocycles. The fraction of sp³-hybridized carbons (Fsp3) is 0.444. The largest absolute Gasteiger partial charge is 0.295 e. The van der Waals surface area contributed by atoms with E-state index in [1.54, 1.807) is 12.1 Å². The molecule has 4 amide bonds. The van der Waals surface area contributed by atoms with Crippen molar-refractivity contribution in [2.75, 3.05) is 0 Å². The first-order chi connectivity index (χ1) is 11.2. The zero-order valence-corrected chi connectivity index (χ0v) is 14.0. The minimum Gasteiger partial charge on any atom is -0.295 e. The van der Waals surface area contributed by atoms with Crippen molar-refractivity contribution < 1.29 is 19.2 Å². The fourth-order valence-corrected chi connectivity index (χ4v) is 3.13. The molecule has 0 bridgehead atoms. The van der Waals surface area contributed by atoms with Gasteiger partial charge in [0.2, 0.25) is 11.8 Å². The van der Waals surface area contributed by atoms with Crippen LogP contribution in [0.2, 0.25) is 0 Å². The standard InChI is InChI=1S/C18H20N2O4/c1-18(2,3)10-7-8-11-12(9-10)17(24)20(16(11)23)13-5-4-6-14(21)19-15(13)22/h7-9,13H,4-6H2,1-3H3,(H,19,21,22). The highest BCUT2D eigenvalue weighted by molar-refractivity contribution is 6.23. The molecular weight excluding hydrogens is 308 g/mol. The van der Waals surface area contributed by atoms with Crippen molar-refractivity contribution in [1.29, 1.82) is 0 Å². The lowest BCUT2D eigenvalue weighted by atomic mass is 9.85. The molecule has 0 saturated carbocycles. The summed E-state index contributed by atoms with van der Waals surface area (Å²) >= 11 is 0. The van der Waals surface area contributed by atoms with E-state index >= 15 is 0 Å². The van der Waals surface area contributed by atoms with Crippen molar-refractivity contribution in [3.8, 4) is 0 Å². The summed E-state index contributed by atoms with van der Waals surface area (Å²) in [7, 11) is 0. The number of hydrogen-bond acceptors (Lipinski definition) is 4. The fourth-order valence-electron chi connectivity index (χ4n) is 3.13. The Morgan fingerprint density at radius 1 is 1.04 bits per heavy atom. The molecule has 0 spiro atoms. The van der Waals surface area contributed by atoms with E-state index in [-0.39, 0.29) is 17.7 Å². The maximum absolute atomic E-state index is 12.8. The Labute approximate surface area is 140 Å². The SMILES string of the molecule is CC(C)(C)c1ccc2c(c1)C(=O)N(C1CCCC(=O)NC1=O)C2=O. The van der Waals surface area contributed by atoms with Gasteiger partial charge in [-0.25, -0.2) is 0 Å². The van der Waals surface area contributed by atoms with Gasteiger partial charge in [-0.2, -0.15) is 0 Å². The summed E-state index contributed by atoms with van der Waals surface area (Å²) in [4.78, 5) is 50.1. The average Bonchev–Trinajstić information content (AvgIpc) is 2.63. The Hall–Kier alpha value is -2.50. The number of fused-ring (bicyclic) bond motifs is 1. The van der Waals surface area contributed by atoms with Crippen molar-refractivity contribution in [1.82, 2.24) is 10.2 Å². The Bertz CT molecular complexity index is 761. The van der Waals surface area contributed by atoms with Crippen LogP contribution in [0, 0.1) is 0 Å². The number of nitrogens with zero attached hydrogens (tertiary/aromatic N) is 1. The molecule has 6 nitrogen and oxygen atoms in total. The monoisotopic (exact) mass is 328 g/mol. The number of hydrogen-bond donors (Lipinski definition) is 1. The maximum Gasteiger partial charge on any atom is 0.262 e. The summed E-state index contributed by atoms with van der Waals surface area (Å²) in [5.41, 5.74) is 1.44. The van der Waals surface area contributed by atoms with E-state index < -0.39 is 23.8 Å². The smallest absolute Gasteiger partial charge is 0.262 e. The predicted octanol–water partition coefficient (Wildman–Crippen LogP) is 1.78. The van der Waals surface area contributed by atoms with E-state index in [9.17, 15) is 19.2 Å². The molecule has 0 aliphatic carbocycles. The van der Waals surface area contributed by atoms with Crippen LogP contribution in [0.25, 0.3) is 0 Å². The van der Waals surface area contributed by atoms with Gasteiger partial charge in [0.05, 0.1) is 11.1 Å². The molecule has 2 aliphatic rings. The maximum atomic E-state index is 12.8. The third-order valence-electron chi connectivity index (χ3n) is 4.54. The minimum atomic E-state index is -0.929. The highest BCUT2D eigenvalue weighted by Crippen LogP contribution is 2.31. The summed E-state index contributed by atoms with van der Waals surface area (Å²) in [6.45, 7) is 6.08. The van der Waals surface area contributed by atoms with Gasteiger partial charge in [0, 0.05) is 6.42 Å². The molecule has 1 unspecified atom stereocenters. The van der Waals surface area contributed by atoms with Crippen molar-refractivity contribution in [3.05, 3.63) is 34.9 Å². The predicted molar refractivity (Wildman–Crippen MR) is 86.4 cm³/mol. The van der Waals surface area contributed by atoms with Crippen LogP contribution in [0.1, 0.15) is 66.3 Å². The van der Waals surface area contributed by atoms with Gasteiger partial charge in [-0.05, 0) is 36.0 Å². The lowest BCUT2D eigenvalue weighted by Crippen LogP contribution is -2.49. The zero-order valence-electron chi connectivity index (χ0n) is 14.0. The lowest BCUT2D eigenvalue weighted by molar-refractivity contribution is -0.131. The molecule has 126 valence electrons. The molecule has 2 aliphatic heterocycles. The lowest BCUT2D eigenvalue weighted by Gasteiger charge is -2.23. The quantitative estimate of drug-likeness (QED) is 0.797. The number of imide groups is 2. The highest BCUT2D eigenvalue weighted by Gasteiger charge is 2.44. The minimum absolute atomic E-state index is 0.155. The van der Waals surface area contributed by atoms with Crippen LogP contribution < -0.4 is 5.32 Å². The summed E-state index contributed by atoms with van der Waals surface area (Å²) in [5.74, 6) is -1.88. The first-order valence-corrected chi connectivity index (χ1v) is 8.06. The summed E-state index contributed by atoms with van der Waals surface area (Å²) in [5, 5.41) is 2.25. The molecule has 1 atom stereocenters. The van der Waals surface area contributed by atoms with Gasteiger partial charge in [0.1, 0.15) is 6.04 Å². The second kappa shape index (κ2) is 5.54. The van der Waals surface area contributed by atoms with Gasteiger partial charge >= 0.3 is 0 Å². The summed E-state index contributed by atoms with van der Waals surface area (Å²) in [6.07, 6.45) is 0.984. The van der Waals surface area contributed by atoms with Crippen LogP contribution in [0.5, 0.6) is 0 Å². The van der Waals surface area contributed by atoms with E-state index in [2.05, 4.69) is 5.32 Å². The molecular formula is C18H20N2O4. The molecule has 24 heavy (non-hydrogen) atoms. The molecule has 6 heteroatoms. The van der Waals surface area contributed by atoms with Gasteiger partial charge in [-0.15, -0.1) is 0 Å². The molecule has 1 fully saturated rings. The third-order valence-corrected chi connectivity index (χ3v) is 4.54. The zero-order chi connectivity index (χ0) is 17.6. The molecule has 3 rings (SSSR count). The van der Waals surface area contributed by atoms with E-state index in [1.165, 1.54) is 0 Å². The topological polar surface area (TPSA) is 83.6 Å². The van der Waals surface area contributed by atoms with Crippen LogP contribution in [-0.2, 0) is 15.0 Å². The first kappa shape index (κ1) is 16.4. The van der Waals surface area contributed by atoms with Crippen molar-refractivity contribution in [2.45, 2.75) is 51.5 Å². The van der Waals surface area contributed by atoms with Crippen LogP contribution in [0.4, 0.5) is 0 Å². The summed E-state index contributed by atoms with van der Waals surface area (Å²) < 4.78 is 0. The van der Waals surface area contributed by atoms with Gasteiger partial charge < -0.3 is 0 Å². The van der Waals surface area contributed by atoms with Crippen molar-refractivity contribution in [2.24, 2.45) is 0 Å². The Morgan fingerprint density at radius 3 is 2.38 bits per heavy atom. The Morgan fingerprint density at radius 2 is 1.71 bits per heavy atom. The van der Waals surface area contributed by atoms with E-state index in [0.29, 0.717) is 24.0 Å². The normalized spacial score (nSPS) is 21.6. The van der Waals surface area contributed by atoms with Crippen LogP contribution in [0.3, 0.4) is 0 Å². The average molecular weight is 328 g/mol. The summed E-state index contributed by atoms with van der Waals surface area (Å²) in [6, 6.07) is 4.29. The number of rotatable bonds is 1. The number of carbonyl (C=O) groups is 4. The number of amides is 4. The van der Waals surface area contributed by atoms with Gasteiger partial charge in [0.15, 0.2) is 0 Å². The van der Waals surface area contributed by atoms with Crippen LogP contribution >= 0.6 is 0 Å². The highest BCUT2D eigenvalue weighted by atomic mass is 16.2. The second-order valence-corrected chi connectivity index (χ2v) is 7.31. The van der Waals surface area contributed by atoms with Gasteiger partial charge in [0.25, 0.3) is 11.8 Å².